The van der Waals surface area contributed by atoms with Crippen LogP contribution in [0.4, 0.5) is 4.79 Å². The molecule has 9 heteroatoms. The number of nitrogens with zero attached hydrogens (tertiary/aromatic N) is 4. The molecule has 8 aliphatic heterocycles. The monoisotopic (exact) mass is 780 g/mol. The first-order chi connectivity index (χ1) is 26.9. The Hall–Kier alpha value is -3.50. The average Bonchev–Trinajstić information content (AvgIpc) is 3.24. The van der Waals surface area contributed by atoms with Crippen LogP contribution in [0.2, 0.25) is 0 Å². The van der Waals surface area contributed by atoms with Crippen LogP contribution in [-0.4, -0.2) is 101 Å². The van der Waals surface area contributed by atoms with Crippen LogP contribution in [0.25, 0.3) is 0 Å². The largest absolute Gasteiger partial charge is 1.00 e. The van der Waals surface area contributed by atoms with Gasteiger partial charge in [0, 0.05) is 33.1 Å². The van der Waals surface area contributed by atoms with E-state index in [2.05, 4.69) is 82.6 Å². The van der Waals surface area contributed by atoms with E-state index in [1.165, 1.54) is 53.7 Å². The standard InChI is InChI=1S/C23H26N2O2.C17H17NO.C7H13NO.CH4.Na.H/c26-23(27-21-16-24-13-10-18(21)11-14-24)25-15-12-17-6-4-5-9-20(17)22(25)19-7-2-1-3-8-19;1-13(19)18-12-11-14-7-5-6-10-16(14)17(18)15-8-3-2-4-9-15;9-7-5-8-3-1-6(7)2-4-8;;;/h1-9,18,21-22H,10-16H2;2-10,17H,11-12H2,1H3;6-7,9H,1-5H2;1H4;;/q;;;;+1;-1. The Balaban J connectivity index is 0.000000180. The number of ether oxygens (including phenoxy) is 1. The van der Waals surface area contributed by atoms with Crippen molar-refractivity contribution < 1.29 is 50.4 Å². The number of hydrogen-bond donors (Lipinski definition) is 1. The molecular weight excluding hydrogens is 720 g/mol. The molecule has 4 bridgehead atoms. The van der Waals surface area contributed by atoms with Gasteiger partial charge in [-0.2, -0.15) is 0 Å². The third-order valence-electron chi connectivity index (χ3n) is 12.9. The Morgan fingerprint density at radius 2 is 1.04 bits per heavy atom. The molecule has 4 atom stereocenters. The van der Waals surface area contributed by atoms with E-state index >= 15 is 0 Å². The molecule has 0 aromatic heterocycles. The first kappa shape index (κ1) is 43.1. The van der Waals surface area contributed by atoms with E-state index in [9.17, 15) is 14.7 Å². The number of benzene rings is 4. The van der Waals surface area contributed by atoms with Crippen LogP contribution < -0.4 is 29.6 Å². The Morgan fingerprint density at radius 3 is 1.46 bits per heavy atom. The van der Waals surface area contributed by atoms with Gasteiger partial charge in [0.2, 0.25) is 5.91 Å². The summed E-state index contributed by atoms with van der Waals surface area (Å²) in [5.74, 6) is 1.31. The fourth-order valence-electron chi connectivity index (χ4n) is 9.83. The maximum Gasteiger partial charge on any atom is 1.00 e. The fraction of sp³-hybridized carbons (Fsp3) is 0.458. The van der Waals surface area contributed by atoms with Gasteiger partial charge in [0.05, 0.1) is 18.2 Å². The molecule has 8 heterocycles. The number of amides is 2. The van der Waals surface area contributed by atoms with E-state index in [1.807, 2.05) is 46.2 Å². The third kappa shape index (κ3) is 9.86. The zero-order valence-electron chi connectivity index (χ0n) is 34.2. The number of aliphatic hydroxyl groups excluding tert-OH is 1. The maximum atomic E-state index is 13.2. The molecule has 2 amide bonds. The van der Waals surface area contributed by atoms with Gasteiger partial charge in [-0.15, -0.1) is 0 Å². The number of carbonyl (C=O) groups excluding carboxylic acids is 2. The Kier molecular flexibility index (Phi) is 15.1. The van der Waals surface area contributed by atoms with Crippen molar-refractivity contribution in [1.82, 2.24) is 19.6 Å². The summed E-state index contributed by atoms with van der Waals surface area (Å²) < 4.78 is 6.08. The van der Waals surface area contributed by atoms with Crippen molar-refractivity contribution in [2.45, 2.75) is 77.2 Å². The van der Waals surface area contributed by atoms with Crippen LogP contribution in [0.3, 0.4) is 0 Å². The van der Waals surface area contributed by atoms with Crippen molar-refractivity contribution in [2.24, 2.45) is 11.8 Å². The fourth-order valence-corrected chi connectivity index (χ4v) is 9.83. The Morgan fingerprint density at radius 1 is 0.596 bits per heavy atom. The van der Waals surface area contributed by atoms with Gasteiger partial charge < -0.3 is 21.1 Å². The predicted octanol–water partition coefficient (Wildman–Crippen LogP) is 4.87. The summed E-state index contributed by atoms with van der Waals surface area (Å²) in [5.41, 5.74) is 7.50. The van der Waals surface area contributed by atoms with Crippen molar-refractivity contribution in [3.63, 3.8) is 0 Å². The Bertz CT molecular complexity index is 1900. The second kappa shape index (κ2) is 20.0. The van der Waals surface area contributed by atoms with Gasteiger partial charge in [-0.3, -0.25) is 14.6 Å². The van der Waals surface area contributed by atoms with Gasteiger partial charge in [-0.25, -0.2) is 4.79 Å². The van der Waals surface area contributed by atoms with Gasteiger partial charge in [-0.1, -0.05) is 117 Å². The van der Waals surface area contributed by atoms with E-state index < -0.39 is 0 Å². The van der Waals surface area contributed by atoms with E-state index in [1.54, 1.807) is 6.92 Å². The van der Waals surface area contributed by atoms with E-state index in [0.29, 0.717) is 18.4 Å². The molecule has 8 aliphatic rings. The summed E-state index contributed by atoms with van der Waals surface area (Å²) >= 11 is 0. The molecule has 6 fully saturated rings. The van der Waals surface area contributed by atoms with Crippen LogP contribution >= 0.6 is 0 Å². The Labute approximate surface area is 364 Å². The second-order valence-electron chi connectivity index (χ2n) is 16.2. The van der Waals surface area contributed by atoms with Crippen LogP contribution in [0.15, 0.2) is 109 Å². The second-order valence-corrected chi connectivity index (χ2v) is 16.2. The van der Waals surface area contributed by atoms with Gasteiger partial charge >= 0.3 is 35.7 Å². The minimum Gasteiger partial charge on any atom is -1.00 e. The van der Waals surface area contributed by atoms with Crippen LogP contribution in [-0.2, 0) is 22.4 Å². The summed E-state index contributed by atoms with van der Waals surface area (Å²) in [6.07, 6.45) is 6.47. The average molecular weight is 781 g/mol. The van der Waals surface area contributed by atoms with E-state index in [-0.39, 0.29) is 74.7 Å². The number of piperidine rings is 6. The smallest absolute Gasteiger partial charge is 1.00 e. The quantitative estimate of drug-likeness (QED) is 0.300. The molecule has 6 saturated heterocycles. The van der Waals surface area contributed by atoms with E-state index in [4.69, 9.17) is 4.74 Å². The zero-order chi connectivity index (χ0) is 37.7. The van der Waals surface area contributed by atoms with Gasteiger partial charge in [0.1, 0.15) is 6.10 Å². The SMILES string of the molecule is C.CC(=O)N1CCc2ccccc2C1c1ccccc1.O=C(OC1CN2CCC1CC2)N1CCc2ccccc2C1c1ccccc1.OC1CN2CCC1CC2.[H-].[Na+]. The summed E-state index contributed by atoms with van der Waals surface area (Å²) in [7, 11) is 0. The number of carbonyl (C=O) groups is 2. The first-order valence-electron chi connectivity index (χ1n) is 20.6. The van der Waals surface area contributed by atoms with Gasteiger partial charge in [0.15, 0.2) is 0 Å². The number of fused-ring (bicyclic) bond motifs is 8. The summed E-state index contributed by atoms with van der Waals surface area (Å²) in [4.78, 5) is 33.8. The topological polar surface area (TPSA) is 76.6 Å². The van der Waals surface area contributed by atoms with Gasteiger partial charge in [0.25, 0.3) is 0 Å². The summed E-state index contributed by atoms with van der Waals surface area (Å²) in [5, 5.41) is 9.36. The first-order valence-corrected chi connectivity index (χ1v) is 20.6. The molecule has 0 saturated carbocycles. The normalized spacial score (nSPS) is 27.7. The van der Waals surface area contributed by atoms with Crippen molar-refractivity contribution in [3.8, 4) is 0 Å². The molecule has 8 nitrogen and oxygen atoms in total. The van der Waals surface area contributed by atoms with Gasteiger partial charge in [-0.05, 0) is 110 Å². The van der Waals surface area contributed by atoms with E-state index in [0.717, 1.165) is 64.0 Å². The third-order valence-corrected chi connectivity index (χ3v) is 12.9. The molecule has 4 unspecified atom stereocenters. The number of hydrogen-bond acceptors (Lipinski definition) is 6. The van der Waals surface area contributed by atoms with Crippen LogP contribution in [0.1, 0.15) is 86.9 Å². The van der Waals surface area contributed by atoms with Crippen LogP contribution in [0, 0.1) is 11.8 Å². The molecule has 0 aliphatic carbocycles. The number of aliphatic hydroxyl groups is 1. The van der Waals surface area contributed by atoms with Crippen molar-refractivity contribution in [3.05, 3.63) is 143 Å². The van der Waals surface area contributed by atoms with Crippen molar-refractivity contribution >= 4 is 12.0 Å². The molecule has 12 rings (SSSR count). The summed E-state index contributed by atoms with van der Waals surface area (Å²) in [6, 6.07) is 37.5. The van der Waals surface area contributed by atoms with Crippen LogP contribution in [0.5, 0.6) is 0 Å². The molecule has 4 aromatic rings. The molecular formula is C48H61N4NaO4. The van der Waals surface area contributed by atoms with Crippen molar-refractivity contribution in [2.75, 3.05) is 52.4 Å². The van der Waals surface area contributed by atoms with Crippen molar-refractivity contribution in [1.29, 1.82) is 0 Å². The molecule has 1 N–H and O–H groups in total. The molecule has 57 heavy (non-hydrogen) atoms. The summed E-state index contributed by atoms with van der Waals surface area (Å²) in [6.45, 7) is 9.75. The zero-order valence-corrected chi connectivity index (χ0v) is 35.2. The molecule has 0 spiro atoms. The number of rotatable bonds is 3. The minimum atomic E-state index is -0.155. The molecule has 4 aromatic carbocycles. The maximum absolute atomic E-state index is 13.2. The molecule has 0 radical (unpaired) electrons. The molecule has 298 valence electrons. The predicted molar refractivity (Wildman–Crippen MR) is 223 cm³/mol. The minimum absolute atomic E-state index is 0.